The van der Waals surface area contributed by atoms with Gasteiger partial charge in [0.05, 0.1) is 6.61 Å². The molecule has 0 spiro atoms. The van der Waals surface area contributed by atoms with Crippen molar-refractivity contribution in [3.8, 4) is 5.75 Å². The molecule has 1 aromatic carbocycles. The minimum atomic E-state index is 0.619. The van der Waals surface area contributed by atoms with E-state index in [9.17, 15) is 0 Å². The highest BCUT2D eigenvalue weighted by Crippen LogP contribution is 2.23. The Morgan fingerprint density at radius 1 is 1.19 bits per heavy atom. The van der Waals surface area contributed by atoms with Crippen LogP contribution in [0.15, 0.2) is 42.5 Å². The van der Waals surface area contributed by atoms with Crippen LogP contribution in [0.1, 0.15) is 66.9 Å². The largest absolute Gasteiger partial charge is 0.493 e. The predicted molar refractivity (Wildman–Crippen MR) is 118 cm³/mol. The fourth-order valence-electron chi connectivity index (χ4n) is 2.98. The van der Waals surface area contributed by atoms with Crippen LogP contribution in [-0.2, 0) is 0 Å². The van der Waals surface area contributed by atoms with Crippen molar-refractivity contribution in [1.82, 2.24) is 5.32 Å². The molecule has 0 aromatic heterocycles. The van der Waals surface area contributed by atoms with Gasteiger partial charge in [0, 0.05) is 12.5 Å². The molecule has 0 radical (unpaired) electrons. The predicted octanol–water partition coefficient (Wildman–Crippen LogP) is 6.73. The molecule has 1 aliphatic rings. The van der Waals surface area contributed by atoms with Crippen molar-refractivity contribution < 1.29 is 4.74 Å². The van der Waals surface area contributed by atoms with Crippen molar-refractivity contribution >= 4 is 5.57 Å². The molecule has 1 aliphatic heterocycles. The fourth-order valence-corrected chi connectivity index (χ4v) is 2.98. The number of hydrogen-bond acceptors (Lipinski definition) is 2. The van der Waals surface area contributed by atoms with Gasteiger partial charge in [-0.15, -0.1) is 0 Å². The van der Waals surface area contributed by atoms with Crippen LogP contribution in [0.5, 0.6) is 5.75 Å². The maximum Gasteiger partial charge on any atom is 0.119 e. The minimum absolute atomic E-state index is 0.619. The molecule has 2 heteroatoms. The molecule has 0 aliphatic carbocycles. The fraction of sp³-hybridized carbons (Fsp3) is 0.583. The third-order valence-electron chi connectivity index (χ3n) is 4.16. The normalized spacial score (nSPS) is 19.9. The second-order valence-electron chi connectivity index (χ2n) is 6.26. The molecule has 2 atom stereocenters. The number of ether oxygens (including phenoxy) is 1. The van der Waals surface area contributed by atoms with Crippen molar-refractivity contribution in [2.24, 2.45) is 11.8 Å². The standard InChI is InChI=1S/C20H29NO.2C2H6/c1-4-6-8-18(5-2)19-9-7-10-20(12-19)22-15-17-11-16(3)13-21-14-17;2*1-2/h5-10,12,16-17,21H,4,11,13-15H2,1-3H3;2*1-2H3/b8-6-,18-5+;;/t16-,17+;;/m1../s1. The van der Waals surface area contributed by atoms with Gasteiger partial charge in [-0.3, -0.25) is 0 Å². The summed E-state index contributed by atoms with van der Waals surface area (Å²) in [5.41, 5.74) is 2.47. The smallest absolute Gasteiger partial charge is 0.119 e. The molecule has 0 bridgehead atoms. The van der Waals surface area contributed by atoms with E-state index in [0.717, 1.165) is 37.8 Å². The van der Waals surface area contributed by atoms with Crippen molar-refractivity contribution in [3.63, 3.8) is 0 Å². The van der Waals surface area contributed by atoms with Crippen molar-refractivity contribution in [2.45, 2.75) is 61.3 Å². The molecule has 2 rings (SSSR count). The van der Waals surface area contributed by atoms with E-state index in [2.05, 4.69) is 68.6 Å². The Morgan fingerprint density at radius 2 is 1.92 bits per heavy atom. The van der Waals surface area contributed by atoms with Gasteiger partial charge in [0.2, 0.25) is 0 Å². The zero-order valence-corrected chi connectivity index (χ0v) is 18.1. The molecule has 0 amide bonds. The maximum absolute atomic E-state index is 6.04. The molecule has 1 aromatic rings. The summed E-state index contributed by atoms with van der Waals surface area (Å²) in [4.78, 5) is 0. The van der Waals surface area contributed by atoms with Gasteiger partial charge in [-0.2, -0.15) is 0 Å². The van der Waals surface area contributed by atoms with Crippen molar-refractivity contribution in [2.75, 3.05) is 19.7 Å². The number of benzene rings is 1. The van der Waals surface area contributed by atoms with Crippen LogP contribution in [0.3, 0.4) is 0 Å². The third kappa shape index (κ3) is 9.24. The lowest BCUT2D eigenvalue weighted by atomic mass is 9.92. The Hall–Kier alpha value is -1.54. The van der Waals surface area contributed by atoms with Crippen molar-refractivity contribution in [1.29, 1.82) is 0 Å². The highest BCUT2D eigenvalue weighted by molar-refractivity contribution is 5.74. The molecule has 2 nitrogen and oxygen atoms in total. The van der Waals surface area contributed by atoms with E-state index >= 15 is 0 Å². The first kappa shape index (κ1) is 24.5. The second-order valence-corrected chi connectivity index (χ2v) is 6.26. The molecule has 1 fully saturated rings. The van der Waals surface area contributed by atoms with Gasteiger partial charge in [0.25, 0.3) is 0 Å². The molecule has 1 heterocycles. The van der Waals surface area contributed by atoms with Gasteiger partial charge in [-0.25, -0.2) is 0 Å². The third-order valence-corrected chi connectivity index (χ3v) is 4.16. The Balaban J connectivity index is 0.00000146. The zero-order valence-electron chi connectivity index (χ0n) is 18.1. The topological polar surface area (TPSA) is 21.3 Å². The van der Waals surface area contributed by atoms with Gasteiger partial charge < -0.3 is 10.1 Å². The van der Waals surface area contributed by atoms with Gasteiger partial charge in [-0.05, 0) is 55.5 Å². The number of nitrogens with one attached hydrogen (secondary N) is 1. The van der Waals surface area contributed by atoms with E-state index < -0.39 is 0 Å². The van der Waals surface area contributed by atoms with Gasteiger partial charge >= 0.3 is 0 Å². The van der Waals surface area contributed by atoms with E-state index in [4.69, 9.17) is 4.74 Å². The summed E-state index contributed by atoms with van der Waals surface area (Å²) in [6.45, 7) is 17.6. The first-order chi connectivity index (χ1) is 12.7. The van der Waals surface area contributed by atoms with Crippen LogP contribution >= 0.6 is 0 Å². The van der Waals surface area contributed by atoms with E-state index in [0.29, 0.717) is 5.92 Å². The second kappa shape index (κ2) is 15.7. The van der Waals surface area contributed by atoms with Crippen LogP contribution in [-0.4, -0.2) is 19.7 Å². The SMILES string of the molecule is C/C=C(\C=C/CC)c1cccc(OC[C@@H]2CNC[C@H](C)C2)c1.CC.CC. The molecule has 0 saturated carbocycles. The van der Waals surface area contributed by atoms with Crippen LogP contribution in [0.2, 0.25) is 0 Å². The molecular formula is C24H41NO. The summed E-state index contributed by atoms with van der Waals surface area (Å²) in [7, 11) is 0. The maximum atomic E-state index is 6.04. The van der Waals surface area contributed by atoms with E-state index in [1.54, 1.807) is 0 Å². The van der Waals surface area contributed by atoms with E-state index in [-0.39, 0.29) is 0 Å². The first-order valence-electron chi connectivity index (χ1n) is 10.5. The average molecular weight is 360 g/mol. The summed E-state index contributed by atoms with van der Waals surface area (Å²) in [6, 6.07) is 8.43. The Kier molecular flexibility index (Phi) is 14.8. The lowest BCUT2D eigenvalue weighted by Gasteiger charge is -2.27. The van der Waals surface area contributed by atoms with E-state index in [1.807, 2.05) is 27.7 Å². The van der Waals surface area contributed by atoms with Crippen LogP contribution in [0.25, 0.3) is 5.57 Å². The lowest BCUT2D eigenvalue weighted by molar-refractivity contribution is 0.194. The summed E-state index contributed by atoms with van der Waals surface area (Å²) in [5.74, 6) is 2.34. The highest BCUT2D eigenvalue weighted by atomic mass is 16.5. The highest BCUT2D eigenvalue weighted by Gasteiger charge is 2.18. The summed E-state index contributed by atoms with van der Waals surface area (Å²) in [6.07, 6.45) is 8.84. The number of hydrogen-bond donors (Lipinski definition) is 1. The summed E-state index contributed by atoms with van der Waals surface area (Å²) >= 11 is 0. The van der Waals surface area contributed by atoms with Gasteiger partial charge in [0.15, 0.2) is 0 Å². The van der Waals surface area contributed by atoms with Crippen LogP contribution in [0.4, 0.5) is 0 Å². The lowest BCUT2D eigenvalue weighted by Crippen LogP contribution is -2.37. The minimum Gasteiger partial charge on any atom is -0.493 e. The molecule has 148 valence electrons. The van der Waals surface area contributed by atoms with Gasteiger partial charge in [-0.1, -0.05) is 71.9 Å². The number of allylic oxidation sites excluding steroid dienone is 4. The average Bonchev–Trinajstić information content (AvgIpc) is 2.70. The van der Waals surface area contributed by atoms with Crippen molar-refractivity contribution in [3.05, 3.63) is 48.1 Å². The van der Waals surface area contributed by atoms with Gasteiger partial charge in [0.1, 0.15) is 5.75 Å². The molecule has 26 heavy (non-hydrogen) atoms. The number of piperidine rings is 1. The Labute approximate surface area is 162 Å². The molecular weight excluding hydrogens is 318 g/mol. The number of rotatable bonds is 6. The molecule has 0 unspecified atom stereocenters. The first-order valence-corrected chi connectivity index (χ1v) is 10.5. The quantitative estimate of drug-likeness (QED) is 0.568. The summed E-state index contributed by atoms with van der Waals surface area (Å²) < 4.78 is 6.04. The summed E-state index contributed by atoms with van der Waals surface area (Å²) in [5, 5.41) is 3.48. The molecule has 1 N–H and O–H groups in total. The monoisotopic (exact) mass is 359 g/mol. The Bertz CT molecular complexity index is 519. The Morgan fingerprint density at radius 3 is 2.54 bits per heavy atom. The van der Waals surface area contributed by atoms with E-state index in [1.165, 1.54) is 17.6 Å². The zero-order chi connectivity index (χ0) is 19.8. The molecule has 1 saturated heterocycles. The van der Waals surface area contributed by atoms with Crippen LogP contribution in [0, 0.1) is 11.8 Å². The van der Waals surface area contributed by atoms with Crippen LogP contribution < -0.4 is 10.1 Å².